The van der Waals surface area contributed by atoms with E-state index in [0.29, 0.717) is 0 Å². The zero-order valence-electron chi connectivity index (χ0n) is 21.0. The van der Waals surface area contributed by atoms with Gasteiger partial charge in [-0.1, -0.05) is 72.8 Å². The number of hydrogen-bond donors (Lipinski definition) is 2. The molecule has 0 bridgehead atoms. The molecule has 0 atom stereocenters. The van der Waals surface area contributed by atoms with Crippen molar-refractivity contribution in [1.82, 2.24) is 9.97 Å². The molecule has 39 heavy (non-hydrogen) atoms. The SMILES string of the molecule is c1ccc(-c2ccc3[nH]c4c(ccc5oc6ccc7c8cc(-c9ccccc9)ccc8[nH]c7c6c54)c3c2)cc1. The molecule has 182 valence electrons. The van der Waals surface area contributed by atoms with E-state index in [9.17, 15) is 0 Å². The van der Waals surface area contributed by atoms with E-state index in [2.05, 4.69) is 131 Å². The molecule has 0 radical (unpaired) electrons. The quantitative estimate of drug-likeness (QED) is 0.245. The third-order valence-electron chi connectivity index (χ3n) is 8.16. The molecular formula is C36H22N2O. The average Bonchev–Trinajstić information content (AvgIpc) is 3.68. The number of benzene rings is 6. The highest BCUT2D eigenvalue weighted by atomic mass is 16.3. The minimum Gasteiger partial charge on any atom is -0.456 e. The normalized spacial score (nSPS) is 12.1. The van der Waals surface area contributed by atoms with Crippen molar-refractivity contribution in [2.45, 2.75) is 0 Å². The van der Waals surface area contributed by atoms with Crippen molar-refractivity contribution in [2.24, 2.45) is 0 Å². The van der Waals surface area contributed by atoms with E-state index >= 15 is 0 Å². The molecular weight excluding hydrogens is 476 g/mol. The maximum Gasteiger partial charge on any atom is 0.137 e. The summed E-state index contributed by atoms with van der Waals surface area (Å²) in [5.74, 6) is 0. The van der Waals surface area contributed by atoms with Crippen molar-refractivity contribution < 1.29 is 4.42 Å². The number of hydrogen-bond acceptors (Lipinski definition) is 1. The van der Waals surface area contributed by atoms with Gasteiger partial charge in [-0.05, 0) is 70.8 Å². The van der Waals surface area contributed by atoms with Crippen molar-refractivity contribution in [3.8, 4) is 22.3 Å². The van der Waals surface area contributed by atoms with Crippen LogP contribution in [0.2, 0.25) is 0 Å². The first kappa shape index (κ1) is 20.7. The Hall–Kier alpha value is -5.28. The van der Waals surface area contributed by atoms with Gasteiger partial charge in [0.05, 0.1) is 21.8 Å². The fourth-order valence-corrected chi connectivity index (χ4v) is 6.30. The van der Waals surface area contributed by atoms with Gasteiger partial charge in [0.15, 0.2) is 0 Å². The summed E-state index contributed by atoms with van der Waals surface area (Å²) in [6.45, 7) is 0. The minimum atomic E-state index is 0.892. The zero-order chi connectivity index (χ0) is 25.5. The fourth-order valence-electron chi connectivity index (χ4n) is 6.30. The highest BCUT2D eigenvalue weighted by Gasteiger charge is 2.18. The molecule has 0 aliphatic heterocycles. The Labute approximate surface area is 223 Å². The van der Waals surface area contributed by atoms with Crippen LogP contribution in [0.4, 0.5) is 0 Å². The first-order valence-corrected chi connectivity index (χ1v) is 13.3. The second-order valence-electron chi connectivity index (χ2n) is 10.3. The lowest BCUT2D eigenvalue weighted by molar-refractivity contribution is 0.669. The van der Waals surface area contributed by atoms with E-state index in [-0.39, 0.29) is 0 Å². The number of fused-ring (bicyclic) bond motifs is 11. The Morgan fingerprint density at radius 1 is 0.385 bits per heavy atom. The van der Waals surface area contributed by atoms with Crippen LogP contribution in [0.5, 0.6) is 0 Å². The highest BCUT2D eigenvalue weighted by Crippen LogP contribution is 2.42. The maximum absolute atomic E-state index is 6.41. The summed E-state index contributed by atoms with van der Waals surface area (Å²) in [4.78, 5) is 7.47. The number of aromatic nitrogens is 2. The van der Waals surface area contributed by atoms with E-state index in [4.69, 9.17) is 4.42 Å². The molecule has 3 heterocycles. The highest BCUT2D eigenvalue weighted by molar-refractivity contribution is 6.30. The maximum atomic E-state index is 6.41. The molecule has 2 N–H and O–H groups in total. The topological polar surface area (TPSA) is 44.7 Å². The van der Waals surface area contributed by atoms with Gasteiger partial charge in [-0.25, -0.2) is 0 Å². The van der Waals surface area contributed by atoms with Gasteiger partial charge in [-0.2, -0.15) is 0 Å². The van der Waals surface area contributed by atoms with Gasteiger partial charge >= 0.3 is 0 Å². The van der Waals surface area contributed by atoms with Gasteiger partial charge in [-0.15, -0.1) is 0 Å². The van der Waals surface area contributed by atoms with Crippen LogP contribution in [0, 0.1) is 0 Å². The molecule has 0 saturated heterocycles. The molecule has 3 heteroatoms. The smallest absolute Gasteiger partial charge is 0.137 e. The summed E-state index contributed by atoms with van der Waals surface area (Å²) in [7, 11) is 0. The van der Waals surface area contributed by atoms with Crippen molar-refractivity contribution in [1.29, 1.82) is 0 Å². The Balaban J connectivity index is 1.34. The first-order chi connectivity index (χ1) is 19.3. The first-order valence-electron chi connectivity index (χ1n) is 13.3. The van der Waals surface area contributed by atoms with Crippen LogP contribution in [0.1, 0.15) is 0 Å². The Morgan fingerprint density at radius 3 is 1.31 bits per heavy atom. The molecule has 0 fully saturated rings. The molecule has 3 aromatic heterocycles. The summed E-state index contributed by atoms with van der Waals surface area (Å²) in [5.41, 5.74) is 11.1. The average molecular weight is 499 g/mol. The second kappa shape index (κ2) is 7.62. The molecule has 0 aliphatic carbocycles. The molecule has 9 rings (SSSR count). The monoisotopic (exact) mass is 498 g/mol. The van der Waals surface area contributed by atoms with Crippen LogP contribution in [0.15, 0.2) is 126 Å². The van der Waals surface area contributed by atoms with Crippen LogP contribution >= 0.6 is 0 Å². The molecule has 0 unspecified atom stereocenters. The summed E-state index contributed by atoms with van der Waals surface area (Å²) < 4.78 is 6.41. The molecule has 0 aliphatic rings. The summed E-state index contributed by atoms with van der Waals surface area (Å²) in [6, 6.07) is 43.0. The molecule has 0 saturated carbocycles. The van der Waals surface area contributed by atoms with E-state index in [1.807, 2.05) is 0 Å². The Morgan fingerprint density at radius 2 is 0.846 bits per heavy atom. The molecule has 0 spiro atoms. The van der Waals surface area contributed by atoms with Crippen molar-refractivity contribution in [3.05, 3.63) is 121 Å². The number of furan rings is 1. The molecule has 6 aromatic carbocycles. The second-order valence-corrected chi connectivity index (χ2v) is 10.3. The van der Waals surface area contributed by atoms with Crippen LogP contribution in [0.25, 0.3) is 87.8 Å². The predicted molar refractivity (Wildman–Crippen MR) is 163 cm³/mol. The lowest BCUT2D eigenvalue weighted by atomic mass is 10.0. The Kier molecular flexibility index (Phi) is 4.05. The predicted octanol–water partition coefficient (Wildman–Crippen LogP) is 10.2. The largest absolute Gasteiger partial charge is 0.456 e. The third kappa shape index (κ3) is 2.93. The van der Waals surface area contributed by atoms with Crippen LogP contribution < -0.4 is 0 Å². The fraction of sp³-hybridized carbons (Fsp3) is 0. The number of H-pyrrole nitrogens is 2. The summed E-state index contributed by atoms with van der Waals surface area (Å²) in [5, 5.41) is 7.11. The van der Waals surface area contributed by atoms with E-state index in [1.165, 1.54) is 43.8 Å². The van der Waals surface area contributed by atoms with Gasteiger partial charge in [0.2, 0.25) is 0 Å². The summed E-state index contributed by atoms with van der Waals surface area (Å²) in [6.07, 6.45) is 0. The van der Waals surface area contributed by atoms with Crippen molar-refractivity contribution >= 4 is 65.6 Å². The minimum absolute atomic E-state index is 0.892. The molecule has 0 amide bonds. The third-order valence-corrected chi connectivity index (χ3v) is 8.16. The zero-order valence-corrected chi connectivity index (χ0v) is 21.0. The van der Waals surface area contributed by atoms with Crippen molar-refractivity contribution in [2.75, 3.05) is 0 Å². The molecule has 9 aromatic rings. The van der Waals surface area contributed by atoms with E-state index < -0.39 is 0 Å². The van der Waals surface area contributed by atoms with Gasteiger partial charge in [0.25, 0.3) is 0 Å². The van der Waals surface area contributed by atoms with Crippen LogP contribution in [-0.4, -0.2) is 9.97 Å². The van der Waals surface area contributed by atoms with E-state index in [1.54, 1.807) is 0 Å². The van der Waals surface area contributed by atoms with Gasteiger partial charge in [0, 0.05) is 32.6 Å². The summed E-state index contributed by atoms with van der Waals surface area (Å²) >= 11 is 0. The van der Waals surface area contributed by atoms with Gasteiger partial charge in [-0.3, -0.25) is 0 Å². The number of aromatic amines is 2. The lowest BCUT2D eigenvalue weighted by Gasteiger charge is -2.01. The number of rotatable bonds is 2. The Bertz CT molecular complexity index is 2200. The van der Waals surface area contributed by atoms with E-state index in [0.717, 1.165) is 44.0 Å². The van der Waals surface area contributed by atoms with Gasteiger partial charge in [0.1, 0.15) is 11.2 Å². The van der Waals surface area contributed by atoms with Gasteiger partial charge < -0.3 is 14.4 Å². The number of nitrogens with one attached hydrogen (secondary N) is 2. The standard InChI is InChI=1S/C36H22N2O/c1-3-7-21(8-4-1)23-11-15-29-27(19-23)25-13-17-31-33(35(25)37-29)34-32(39-31)18-14-26-28-20-24(22-9-5-2-6-10-22)12-16-30(28)38-36(26)34/h1-20,37-38H. The molecule has 3 nitrogen and oxygen atoms in total. The van der Waals surface area contributed by atoms with Crippen LogP contribution in [-0.2, 0) is 0 Å². The lowest BCUT2D eigenvalue weighted by Crippen LogP contribution is -1.76. The van der Waals surface area contributed by atoms with Crippen LogP contribution in [0.3, 0.4) is 0 Å². The van der Waals surface area contributed by atoms with Crippen molar-refractivity contribution in [3.63, 3.8) is 0 Å².